The van der Waals surface area contributed by atoms with E-state index in [2.05, 4.69) is 43.2 Å². The van der Waals surface area contributed by atoms with Gasteiger partial charge >= 0.3 is 5.97 Å². The predicted octanol–water partition coefficient (Wildman–Crippen LogP) is 5.20. The van der Waals surface area contributed by atoms with Crippen molar-refractivity contribution in [1.82, 2.24) is 4.98 Å². The number of aromatic nitrogens is 1. The number of hydrogen-bond donors (Lipinski definition) is 1. The Morgan fingerprint density at radius 3 is 2.52 bits per heavy atom. The number of rotatable bonds is 4. The molecule has 0 amide bonds. The van der Waals surface area contributed by atoms with Crippen molar-refractivity contribution in [1.29, 1.82) is 0 Å². The van der Waals surface area contributed by atoms with Crippen molar-refractivity contribution in [2.45, 2.75) is 26.7 Å². The van der Waals surface area contributed by atoms with E-state index >= 15 is 0 Å². The maximum absolute atomic E-state index is 12.3. The molecule has 0 radical (unpaired) electrons. The molecule has 1 N–H and O–H groups in total. The molecule has 1 aromatic heterocycles. The van der Waals surface area contributed by atoms with Gasteiger partial charge in [0.25, 0.3) is 0 Å². The third-order valence-electron chi connectivity index (χ3n) is 4.33. The summed E-state index contributed by atoms with van der Waals surface area (Å²) in [6.07, 6.45) is 1.58. The molecule has 4 heteroatoms. The van der Waals surface area contributed by atoms with E-state index < -0.39 is 5.97 Å². The quantitative estimate of drug-likeness (QED) is 0.667. The second-order valence-corrected chi connectivity index (χ2v) is 6.41. The van der Waals surface area contributed by atoms with Gasteiger partial charge in [0.15, 0.2) is 0 Å². The Balaban J connectivity index is 2.27. The van der Waals surface area contributed by atoms with Crippen molar-refractivity contribution < 1.29 is 9.53 Å². The third-order valence-corrected chi connectivity index (χ3v) is 4.33. The summed E-state index contributed by atoms with van der Waals surface area (Å²) in [7, 11) is 1.38. The van der Waals surface area contributed by atoms with Crippen LogP contribution in [0.5, 0.6) is 0 Å². The summed E-state index contributed by atoms with van der Waals surface area (Å²) in [4.78, 5) is 16.7. The lowest BCUT2D eigenvalue weighted by Gasteiger charge is -2.17. The standard InChI is InChI=1S/C21H22N2O2/c1-13(2)16-11-17-19(10-14(16)3)22-12-18(21(24)25-4)20(17)23-15-8-6-5-7-9-15/h5-13H,1-4H3,(H,22,23). The highest BCUT2D eigenvalue weighted by molar-refractivity contribution is 6.06. The van der Waals surface area contributed by atoms with Crippen molar-refractivity contribution in [3.63, 3.8) is 0 Å². The molecule has 0 spiro atoms. The number of hydrogen-bond acceptors (Lipinski definition) is 4. The van der Waals surface area contributed by atoms with Crippen molar-refractivity contribution in [3.8, 4) is 0 Å². The first kappa shape index (κ1) is 17.0. The van der Waals surface area contributed by atoms with Crippen molar-refractivity contribution in [2.24, 2.45) is 0 Å². The summed E-state index contributed by atoms with van der Waals surface area (Å²) in [6, 6.07) is 14.0. The number of carbonyl (C=O) groups is 1. The molecule has 1 heterocycles. The zero-order chi connectivity index (χ0) is 18.0. The van der Waals surface area contributed by atoms with Crippen molar-refractivity contribution >= 4 is 28.2 Å². The minimum absolute atomic E-state index is 0.385. The summed E-state index contributed by atoms with van der Waals surface area (Å²) >= 11 is 0. The van der Waals surface area contributed by atoms with Gasteiger partial charge in [-0.05, 0) is 48.2 Å². The zero-order valence-corrected chi connectivity index (χ0v) is 15.0. The maximum atomic E-state index is 12.3. The van der Waals surface area contributed by atoms with Crippen LogP contribution < -0.4 is 5.32 Å². The topological polar surface area (TPSA) is 51.2 Å². The van der Waals surface area contributed by atoms with Crippen LogP contribution in [0, 0.1) is 6.92 Å². The fraction of sp³-hybridized carbons (Fsp3) is 0.238. The molecule has 0 unspecified atom stereocenters. The fourth-order valence-corrected chi connectivity index (χ4v) is 3.05. The number of aryl methyl sites for hydroxylation is 1. The number of methoxy groups -OCH3 is 1. The minimum Gasteiger partial charge on any atom is -0.465 e. The number of pyridine rings is 1. The van der Waals surface area contributed by atoms with Crippen LogP contribution in [0.2, 0.25) is 0 Å². The van der Waals surface area contributed by atoms with E-state index in [-0.39, 0.29) is 0 Å². The van der Waals surface area contributed by atoms with Gasteiger partial charge in [-0.15, -0.1) is 0 Å². The van der Waals surface area contributed by atoms with E-state index in [1.807, 2.05) is 30.3 Å². The molecule has 2 aromatic carbocycles. The molecule has 0 aliphatic heterocycles. The first-order valence-electron chi connectivity index (χ1n) is 8.35. The van der Waals surface area contributed by atoms with E-state index in [1.54, 1.807) is 6.20 Å². The first-order chi connectivity index (χ1) is 12.0. The lowest BCUT2D eigenvalue weighted by atomic mass is 9.94. The minimum atomic E-state index is -0.403. The average molecular weight is 334 g/mol. The normalized spacial score (nSPS) is 10.9. The molecule has 0 saturated heterocycles. The molecule has 0 aliphatic rings. The average Bonchev–Trinajstić information content (AvgIpc) is 2.61. The van der Waals surface area contributed by atoms with Crippen LogP contribution in [0.1, 0.15) is 41.3 Å². The molecule has 25 heavy (non-hydrogen) atoms. The van der Waals surface area contributed by atoms with Gasteiger partial charge in [0.05, 0.1) is 18.3 Å². The molecule has 4 nitrogen and oxygen atoms in total. The predicted molar refractivity (Wildman–Crippen MR) is 102 cm³/mol. The SMILES string of the molecule is COC(=O)c1cnc2cc(C)c(C(C)C)cc2c1Nc1ccccc1. The number of ether oxygens (including phenoxy) is 1. The molecule has 128 valence electrons. The lowest BCUT2D eigenvalue weighted by molar-refractivity contribution is 0.0601. The zero-order valence-electron chi connectivity index (χ0n) is 15.0. The number of esters is 1. The Labute approximate surface area is 147 Å². The first-order valence-corrected chi connectivity index (χ1v) is 8.35. The Hall–Kier alpha value is -2.88. The van der Waals surface area contributed by atoms with E-state index in [0.717, 1.165) is 22.3 Å². The number of fused-ring (bicyclic) bond motifs is 1. The van der Waals surface area contributed by atoms with E-state index in [9.17, 15) is 4.79 Å². The van der Waals surface area contributed by atoms with E-state index in [4.69, 9.17) is 4.74 Å². The van der Waals surface area contributed by atoms with Crippen LogP contribution in [0.3, 0.4) is 0 Å². The number of nitrogens with zero attached hydrogens (tertiary/aromatic N) is 1. The summed E-state index contributed by atoms with van der Waals surface area (Å²) < 4.78 is 4.95. The largest absolute Gasteiger partial charge is 0.465 e. The molecule has 0 fully saturated rings. The molecule has 3 rings (SSSR count). The van der Waals surface area contributed by atoms with Gasteiger partial charge in [-0.3, -0.25) is 4.98 Å². The Morgan fingerprint density at radius 2 is 1.88 bits per heavy atom. The van der Waals surface area contributed by atoms with E-state index in [1.165, 1.54) is 18.2 Å². The van der Waals surface area contributed by atoms with E-state index in [0.29, 0.717) is 11.5 Å². The van der Waals surface area contributed by atoms with Gasteiger partial charge in [0.2, 0.25) is 0 Å². The molecular formula is C21H22N2O2. The summed E-state index contributed by atoms with van der Waals surface area (Å²) in [6.45, 7) is 6.42. The molecule has 0 bridgehead atoms. The van der Waals surface area contributed by atoms with Crippen LogP contribution in [-0.2, 0) is 4.74 Å². The number of nitrogens with one attached hydrogen (secondary N) is 1. The van der Waals surface area contributed by atoms with Crippen LogP contribution in [0.15, 0.2) is 48.7 Å². The Kier molecular flexibility index (Phi) is 4.70. The summed E-state index contributed by atoms with van der Waals surface area (Å²) in [5.74, 6) is -0.0183. The highest BCUT2D eigenvalue weighted by atomic mass is 16.5. The Bertz CT molecular complexity index is 918. The highest BCUT2D eigenvalue weighted by Crippen LogP contribution is 2.33. The molecule has 0 atom stereocenters. The second-order valence-electron chi connectivity index (χ2n) is 6.41. The lowest BCUT2D eigenvalue weighted by Crippen LogP contribution is -2.08. The third kappa shape index (κ3) is 3.33. The molecule has 0 aliphatic carbocycles. The maximum Gasteiger partial charge on any atom is 0.341 e. The van der Waals surface area contributed by atoms with Crippen LogP contribution in [0.4, 0.5) is 11.4 Å². The van der Waals surface area contributed by atoms with Crippen LogP contribution in [0.25, 0.3) is 10.9 Å². The van der Waals surface area contributed by atoms with Gasteiger partial charge in [-0.1, -0.05) is 32.0 Å². The number of benzene rings is 2. The smallest absolute Gasteiger partial charge is 0.341 e. The molecule has 3 aromatic rings. The molecule has 0 saturated carbocycles. The molecular weight excluding hydrogens is 312 g/mol. The van der Waals surface area contributed by atoms with Crippen molar-refractivity contribution in [2.75, 3.05) is 12.4 Å². The summed E-state index contributed by atoms with van der Waals surface area (Å²) in [5, 5.41) is 4.29. The summed E-state index contributed by atoms with van der Waals surface area (Å²) in [5.41, 5.74) is 5.36. The van der Waals surface area contributed by atoms with Gasteiger partial charge in [-0.25, -0.2) is 4.79 Å². The second kappa shape index (κ2) is 6.93. The van der Waals surface area contributed by atoms with Gasteiger partial charge in [0.1, 0.15) is 5.56 Å². The van der Waals surface area contributed by atoms with Crippen molar-refractivity contribution in [3.05, 3.63) is 65.4 Å². The van der Waals surface area contributed by atoms with Gasteiger partial charge in [0, 0.05) is 17.3 Å². The highest BCUT2D eigenvalue weighted by Gasteiger charge is 2.18. The fourth-order valence-electron chi connectivity index (χ4n) is 3.05. The van der Waals surface area contributed by atoms with Crippen LogP contribution in [-0.4, -0.2) is 18.1 Å². The number of anilines is 2. The Morgan fingerprint density at radius 1 is 1.16 bits per heavy atom. The number of carbonyl (C=O) groups excluding carboxylic acids is 1. The number of para-hydroxylation sites is 1. The van der Waals surface area contributed by atoms with Gasteiger partial charge < -0.3 is 10.1 Å². The van der Waals surface area contributed by atoms with Gasteiger partial charge in [-0.2, -0.15) is 0 Å². The monoisotopic (exact) mass is 334 g/mol. The van der Waals surface area contributed by atoms with Crippen LogP contribution >= 0.6 is 0 Å².